The molecule has 0 aliphatic rings. The van der Waals surface area contributed by atoms with Crippen LogP contribution in [0.1, 0.15) is 17.5 Å². The highest BCUT2D eigenvalue weighted by atomic mass is 32.2. The summed E-state index contributed by atoms with van der Waals surface area (Å²) in [5, 5.41) is 3.89. The van der Waals surface area contributed by atoms with Gasteiger partial charge in [0, 0.05) is 24.1 Å². The highest BCUT2D eigenvalue weighted by Crippen LogP contribution is 2.17. The minimum Gasteiger partial charge on any atom is -0.326 e. The lowest BCUT2D eigenvalue weighted by Gasteiger charge is -2.07. The number of rotatable bonds is 5. The summed E-state index contributed by atoms with van der Waals surface area (Å²) in [7, 11) is 0. The van der Waals surface area contributed by atoms with Gasteiger partial charge in [-0.1, -0.05) is 12.1 Å². The van der Waals surface area contributed by atoms with E-state index < -0.39 is 0 Å². The third kappa shape index (κ3) is 4.70. The molecule has 2 aromatic rings. The van der Waals surface area contributed by atoms with Crippen LogP contribution in [-0.4, -0.2) is 16.6 Å². The van der Waals surface area contributed by atoms with Crippen LogP contribution >= 0.6 is 11.8 Å². The zero-order valence-electron chi connectivity index (χ0n) is 11.7. The van der Waals surface area contributed by atoms with Gasteiger partial charge < -0.3 is 5.32 Å². The topological polar surface area (TPSA) is 42.0 Å². The summed E-state index contributed by atoms with van der Waals surface area (Å²) in [6, 6.07) is 11.8. The highest BCUT2D eigenvalue weighted by molar-refractivity contribution is 7.99. The van der Waals surface area contributed by atoms with Gasteiger partial charge >= 0.3 is 0 Å². The fraction of sp³-hybridized carbons (Fsp3) is 0.250. The number of hydrogen-bond acceptors (Lipinski definition) is 3. The number of aryl methyl sites for hydroxylation is 2. The smallest absolute Gasteiger partial charge is 0.225 e. The average Bonchev–Trinajstić information content (AvgIpc) is 2.38. The van der Waals surface area contributed by atoms with E-state index in [1.807, 2.05) is 44.2 Å². The van der Waals surface area contributed by atoms with Crippen molar-refractivity contribution in [1.29, 1.82) is 0 Å². The first-order chi connectivity index (χ1) is 9.63. The molecule has 0 saturated heterocycles. The molecule has 20 heavy (non-hydrogen) atoms. The molecule has 1 aromatic heterocycles. The molecule has 0 aliphatic carbocycles. The maximum absolute atomic E-state index is 11.9. The van der Waals surface area contributed by atoms with E-state index in [1.54, 1.807) is 18.0 Å². The van der Waals surface area contributed by atoms with Crippen molar-refractivity contribution in [3.8, 4) is 0 Å². The van der Waals surface area contributed by atoms with Crippen LogP contribution in [0.2, 0.25) is 0 Å². The number of benzene rings is 1. The molecule has 104 valence electrons. The number of anilines is 1. The summed E-state index contributed by atoms with van der Waals surface area (Å²) in [6.45, 7) is 4.05. The van der Waals surface area contributed by atoms with E-state index in [0.29, 0.717) is 6.42 Å². The van der Waals surface area contributed by atoms with E-state index in [4.69, 9.17) is 0 Å². The molecule has 2 rings (SSSR count). The lowest BCUT2D eigenvalue weighted by atomic mass is 10.1. The Kier molecular flexibility index (Phi) is 5.18. The lowest BCUT2D eigenvalue weighted by Crippen LogP contribution is -2.12. The molecule has 1 amide bonds. The molecule has 0 unspecified atom stereocenters. The van der Waals surface area contributed by atoms with Gasteiger partial charge in [-0.15, -0.1) is 11.8 Å². The second-order valence-corrected chi connectivity index (χ2v) is 5.81. The van der Waals surface area contributed by atoms with Gasteiger partial charge in [0.25, 0.3) is 0 Å². The molecule has 1 heterocycles. The van der Waals surface area contributed by atoms with Crippen LogP contribution in [-0.2, 0) is 4.79 Å². The number of nitrogens with one attached hydrogen (secondary N) is 1. The standard InChI is InChI=1S/C16H18N2OS/c1-12-9-13(2)11-14(10-12)18-15(19)6-8-20-16-5-3-4-7-17-16/h3-5,7,9-11H,6,8H2,1-2H3,(H,18,19). The molecule has 1 N–H and O–H groups in total. The first-order valence-electron chi connectivity index (χ1n) is 6.55. The third-order valence-corrected chi connectivity index (χ3v) is 3.67. The van der Waals surface area contributed by atoms with Gasteiger partial charge in [0.1, 0.15) is 0 Å². The van der Waals surface area contributed by atoms with E-state index in [0.717, 1.165) is 27.6 Å². The Bertz CT molecular complexity index is 564. The Balaban J connectivity index is 1.81. The number of carbonyl (C=O) groups is 1. The van der Waals surface area contributed by atoms with E-state index in [2.05, 4.69) is 16.4 Å². The summed E-state index contributed by atoms with van der Waals surface area (Å²) >= 11 is 1.59. The number of carbonyl (C=O) groups excluding carboxylic acids is 1. The van der Waals surface area contributed by atoms with Crippen molar-refractivity contribution in [3.05, 3.63) is 53.7 Å². The number of aromatic nitrogens is 1. The Hall–Kier alpha value is -1.81. The molecule has 1 aromatic carbocycles. The Morgan fingerprint density at radius 1 is 1.20 bits per heavy atom. The maximum Gasteiger partial charge on any atom is 0.225 e. The Morgan fingerprint density at radius 2 is 1.95 bits per heavy atom. The predicted molar refractivity (Wildman–Crippen MR) is 84.1 cm³/mol. The molecule has 3 nitrogen and oxygen atoms in total. The van der Waals surface area contributed by atoms with E-state index >= 15 is 0 Å². The van der Waals surface area contributed by atoms with Crippen molar-refractivity contribution in [2.24, 2.45) is 0 Å². The van der Waals surface area contributed by atoms with Crippen LogP contribution in [0, 0.1) is 13.8 Å². The van der Waals surface area contributed by atoms with Gasteiger partial charge in [0.05, 0.1) is 5.03 Å². The molecule has 0 radical (unpaired) electrons. The summed E-state index contributed by atoms with van der Waals surface area (Å²) in [6.07, 6.45) is 2.24. The van der Waals surface area contributed by atoms with Crippen LogP contribution in [0.25, 0.3) is 0 Å². The first kappa shape index (κ1) is 14.6. The van der Waals surface area contributed by atoms with E-state index in [1.165, 1.54) is 0 Å². The summed E-state index contributed by atoms with van der Waals surface area (Å²) < 4.78 is 0. The fourth-order valence-corrected chi connectivity index (χ4v) is 2.76. The van der Waals surface area contributed by atoms with Crippen molar-refractivity contribution < 1.29 is 4.79 Å². The van der Waals surface area contributed by atoms with Crippen LogP contribution < -0.4 is 5.32 Å². The van der Waals surface area contributed by atoms with Gasteiger partial charge in [0.15, 0.2) is 0 Å². The van der Waals surface area contributed by atoms with E-state index in [-0.39, 0.29) is 5.91 Å². The zero-order chi connectivity index (χ0) is 14.4. The zero-order valence-corrected chi connectivity index (χ0v) is 12.5. The van der Waals surface area contributed by atoms with Gasteiger partial charge in [0.2, 0.25) is 5.91 Å². The summed E-state index contributed by atoms with van der Waals surface area (Å²) in [5.74, 6) is 0.770. The van der Waals surface area contributed by atoms with Gasteiger partial charge in [-0.3, -0.25) is 4.79 Å². The molecule has 0 bridgehead atoms. The fourth-order valence-electron chi connectivity index (χ4n) is 1.95. The molecule has 0 fully saturated rings. The molecule has 4 heteroatoms. The van der Waals surface area contributed by atoms with Crippen molar-refractivity contribution >= 4 is 23.4 Å². The molecular formula is C16H18N2OS. The minimum absolute atomic E-state index is 0.0402. The van der Waals surface area contributed by atoms with Gasteiger partial charge in [-0.25, -0.2) is 4.98 Å². The largest absolute Gasteiger partial charge is 0.326 e. The molecular weight excluding hydrogens is 268 g/mol. The highest BCUT2D eigenvalue weighted by Gasteiger charge is 2.04. The average molecular weight is 286 g/mol. The Labute approximate surface area is 123 Å². The van der Waals surface area contributed by atoms with Crippen molar-refractivity contribution in [1.82, 2.24) is 4.98 Å². The summed E-state index contributed by atoms with van der Waals surface area (Å²) in [5.41, 5.74) is 3.18. The number of amides is 1. The van der Waals surface area contributed by atoms with Crippen LogP contribution in [0.15, 0.2) is 47.6 Å². The Morgan fingerprint density at radius 3 is 2.60 bits per heavy atom. The van der Waals surface area contributed by atoms with Gasteiger partial charge in [-0.05, 0) is 49.2 Å². The number of hydrogen-bond donors (Lipinski definition) is 1. The predicted octanol–water partition coefficient (Wildman–Crippen LogP) is 3.82. The monoisotopic (exact) mass is 286 g/mol. The normalized spacial score (nSPS) is 10.3. The van der Waals surface area contributed by atoms with Crippen molar-refractivity contribution in [2.75, 3.05) is 11.1 Å². The van der Waals surface area contributed by atoms with Crippen molar-refractivity contribution in [3.63, 3.8) is 0 Å². The van der Waals surface area contributed by atoms with Crippen LogP contribution in [0.4, 0.5) is 5.69 Å². The molecule has 0 atom stereocenters. The number of nitrogens with zero attached hydrogens (tertiary/aromatic N) is 1. The first-order valence-corrected chi connectivity index (χ1v) is 7.54. The van der Waals surface area contributed by atoms with Crippen LogP contribution in [0.3, 0.4) is 0 Å². The SMILES string of the molecule is Cc1cc(C)cc(NC(=O)CCSc2ccccn2)c1. The maximum atomic E-state index is 11.9. The van der Waals surface area contributed by atoms with Crippen LogP contribution in [0.5, 0.6) is 0 Å². The molecule has 0 spiro atoms. The quantitative estimate of drug-likeness (QED) is 0.850. The third-order valence-electron chi connectivity index (χ3n) is 2.72. The van der Waals surface area contributed by atoms with E-state index in [9.17, 15) is 4.79 Å². The lowest BCUT2D eigenvalue weighted by molar-refractivity contribution is -0.115. The van der Waals surface area contributed by atoms with Crippen molar-refractivity contribution in [2.45, 2.75) is 25.3 Å². The molecule has 0 saturated carbocycles. The summed E-state index contributed by atoms with van der Waals surface area (Å²) in [4.78, 5) is 16.1. The molecule has 0 aliphatic heterocycles. The number of pyridine rings is 1. The minimum atomic E-state index is 0.0402. The number of thioether (sulfide) groups is 1. The van der Waals surface area contributed by atoms with Gasteiger partial charge in [-0.2, -0.15) is 0 Å². The second kappa shape index (κ2) is 7.10. The second-order valence-electron chi connectivity index (χ2n) is 4.69.